The van der Waals surface area contributed by atoms with Gasteiger partial charge in [0.25, 0.3) is 0 Å². The van der Waals surface area contributed by atoms with Crippen LogP contribution in [-0.4, -0.2) is 29.1 Å². The second-order valence-electron chi connectivity index (χ2n) is 4.39. The molecule has 0 aliphatic carbocycles. The van der Waals surface area contributed by atoms with E-state index in [1.807, 2.05) is 24.3 Å². The fourth-order valence-corrected chi connectivity index (χ4v) is 1.99. The first-order valence-electron chi connectivity index (χ1n) is 6.29. The number of rotatable bonds is 1. The maximum absolute atomic E-state index is 10.5. The van der Waals surface area contributed by atoms with Gasteiger partial charge < -0.3 is 15.4 Å². The van der Waals surface area contributed by atoms with Crippen LogP contribution in [0.25, 0.3) is 10.9 Å². The Kier molecular flexibility index (Phi) is 4.36. The van der Waals surface area contributed by atoms with Crippen molar-refractivity contribution in [3.05, 3.63) is 36.0 Å². The molecule has 0 saturated carbocycles. The number of hydrogen-bond donors (Lipinski definition) is 3. The first-order chi connectivity index (χ1) is 8.77. The molecule has 0 spiro atoms. The van der Waals surface area contributed by atoms with Gasteiger partial charge in [-0.1, -0.05) is 24.6 Å². The minimum atomic E-state index is -0.925. The lowest BCUT2D eigenvalue weighted by Gasteiger charge is -2.08. The van der Waals surface area contributed by atoms with Crippen LogP contribution in [0.15, 0.2) is 30.3 Å². The van der Waals surface area contributed by atoms with Gasteiger partial charge >= 0.3 is 5.97 Å². The third-order valence-corrected chi connectivity index (χ3v) is 2.97. The topological polar surface area (TPSA) is 65.1 Å². The van der Waals surface area contributed by atoms with E-state index in [1.165, 1.54) is 32.4 Å². The zero-order valence-corrected chi connectivity index (χ0v) is 10.3. The predicted octanol–water partition coefficient (Wildman–Crippen LogP) is 2.63. The number of fused-ring (bicyclic) bond motifs is 1. The Bertz CT molecular complexity index is 471. The second-order valence-corrected chi connectivity index (χ2v) is 4.39. The summed E-state index contributed by atoms with van der Waals surface area (Å²) in [6.45, 7) is 2.50. The fraction of sp³-hybridized carbons (Fsp3) is 0.357. The van der Waals surface area contributed by atoms with Crippen LogP contribution in [0.2, 0.25) is 0 Å². The van der Waals surface area contributed by atoms with Gasteiger partial charge in [0.15, 0.2) is 0 Å². The standard InChI is InChI=1S/C9H7NO2.C5H11N/c11-9(12)8-5-6-3-1-2-4-7(6)10-8;1-2-4-6-5-3-1/h1-5,10H,(H,11,12);6H,1-5H2. The van der Waals surface area contributed by atoms with Gasteiger partial charge in [-0.25, -0.2) is 4.79 Å². The summed E-state index contributed by atoms with van der Waals surface area (Å²) >= 11 is 0. The van der Waals surface area contributed by atoms with E-state index in [0.717, 1.165) is 10.9 Å². The lowest BCUT2D eigenvalue weighted by Crippen LogP contribution is -2.21. The average molecular weight is 246 g/mol. The Hall–Kier alpha value is -1.81. The molecule has 4 heteroatoms. The van der Waals surface area contributed by atoms with E-state index < -0.39 is 5.97 Å². The zero-order valence-electron chi connectivity index (χ0n) is 10.3. The number of carbonyl (C=O) groups is 1. The van der Waals surface area contributed by atoms with E-state index in [2.05, 4.69) is 10.3 Å². The van der Waals surface area contributed by atoms with Gasteiger partial charge in [-0.3, -0.25) is 0 Å². The van der Waals surface area contributed by atoms with Crippen molar-refractivity contribution in [2.45, 2.75) is 19.3 Å². The largest absolute Gasteiger partial charge is 0.477 e. The van der Waals surface area contributed by atoms with Crippen molar-refractivity contribution in [1.29, 1.82) is 0 Å². The molecular weight excluding hydrogens is 228 g/mol. The van der Waals surface area contributed by atoms with Crippen molar-refractivity contribution in [3.8, 4) is 0 Å². The summed E-state index contributed by atoms with van der Waals surface area (Å²) in [7, 11) is 0. The number of nitrogens with one attached hydrogen (secondary N) is 2. The lowest BCUT2D eigenvalue weighted by atomic mass is 10.2. The highest BCUT2D eigenvalue weighted by molar-refractivity contribution is 5.93. The van der Waals surface area contributed by atoms with Crippen LogP contribution in [0.3, 0.4) is 0 Å². The number of aromatic nitrogens is 1. The molecule has 0 bridgehead atoms. The van der Waals surface area contributed by atoms with Crippen LogP contribution in [0, 0.1) is 0 Å². The van der Waals surface area contributed by atoms with E-state index in [0.29, 0.717) is 0 Å². The van der Waals surface area contributed by atoms with E-state index in [1.54, 1.807) is 6.07 Å². The van der Waals surface area contributed by atoms with Crippen LogP contribution in [-0.2, 0) is 0 Å². The van der Waals surface area contributed by atoms with Crippen molar-refractivity contribution in [1.82, 2.24) is 10.3 Å². The molecule has 1 aliphatic rings. The highest BCUT2D eigenvalue weighted by Crippen LogP contribution is 2.13. The molecule has 1 aliphatic heterocycles. The summed E-state index contributed by atoms with van der Waals surface area (Å²) in [5, 5.41) is 12.9. The van der Waals surface area contributed by atoms with Crippen LogP contribution in [0.5, 0.6) is 0 Å². The molecule has 18 heavy (non-hydrogen) atoms. The zero-order chi connectivity index (χ0) is 12.8. The number of aromatic amines is 1. The summed E-state index contributed by atoms with van der Waals surface area (Å²) in [5.74, 6) is -0.925. The summed E-state index contributed by atoms with van der Waals surface area (Å²) in [4.78, 5) is 13.3. The second kappa shape index (κ2) is 6.21. The molecule has 1 aromatic carbocycles. The molecular formula is C14H18N2O2. The quantitative estimate of drug-likeness (QED) is 0.724. The van der Waals surface area contributed by atoms with Crippen LogP contribution in [0.1, 0.15) is 29.8 Å². The van der Waals surface area contributed by atoms with Gasteiger partial charge in [0, 0.05) is 10.9 Å². The Balaban J connectivity index is 0.000000169. The molecule has 0 atom stereocenters. The van der Waals surface area contributed by atoms with E-state index in [4.69, 9.17) is 5.11 Å². The van der Waals surface area contributed by atoms with E-state index in [-0.39, 0.29) is 5.69 Å². The molecule has 2 aromatic rings. The SMILES string of the molecule is C1CCNCC1.O=C(O)c1cc2ccccc2[nH]1. The first-order valence-corrected chi connectivity index (χ1v) is 6.29. The molecule has 1 fully saturated rings. The van der Waals surface area contributed by atoms with Gasteiger partial charge in [-0.2, -0.15) is 0 Å². The highest BCUT2D eigenvalue weighted by atomic mass is 16.4. The molecule has 96 valence electrons. The molecule has 0 unspecified atom stereocenters. The van der Waals surface area contributed by atoms with Gasteiger partial charge in [-0.15, -0.1) is 0 Å². The maximum atomic E-state index is 10.5. The number of benzene rings is 1. The van der Waals surface area contributed by atoms with Gasteiger partial charge in [-0.05, 0) is 38.1 Å². The van der Waals surface area contributed by atoms with E-state index in [9.17, 15) is 4.79 Å². The van der Waals surface area contributed by atoms with Gasteiger partial charge in [0.05, 0.1) is 0 Å². The van der Waals surface area contributed by atoms with Gasteiger partial charge in [0.1, 0.15) is 5.69 Å². The summed E-state index contributed by atoms with van der Waals surface area (Å²) in [6, 6.07) is 9.09. The summed E-state index contributed by atoms with van der Waals surface area (Å²) in [6.07, 6.45) is 4.22. The maximum Gasteiger partial charge on any atom is 0.352 e. The van der Waals surface area contributed by atoms with Gasteiger partial charge in [0.2, 0.25) is 0 Å². The average Bonchev–Trinajstić information content (AvgIpc) is 2.85. The first kappa shape index (κ1) is 12.6. The number of carboxylic acids is 1. The Labute approximate surface area is 106 Å². The van der Waals surface area contributed by atoms with Crippen molar-refractivity contribution in [2.24, 2.45) is 0 Å². The number of hydrogen-bond acceptors (Lipinski definition) is 2. The third kappa shape index (κ3) is 3.34. The molecule has 1 aromatic heterocycles. The number of piperidine rings is 1. The molecule has 4 nitrogen and oxygen atoms in total. The predicted molar refractivity (Wildman–Crippen MR) is 72.0 cm³/mol. The van der Waals surface area contributed by atoms with Crippen molar-refractivity contribution < 1.29 is 9.90 Å². The molecule has 0 amide bonds. The van der Waals surface area contributed by atoms with Crippen LogP contribution in [0.4, 0.5) is 0 Å². The minimum Gasteiger partial charge on any atom is -0.477 e. The monoisotopic (exact) mass is 246 g/mol. The van der Waals surface area contributed by atoms with Crippen LogP contribution < -0.4 is 5.32 Å². The Morgan fingerprint density at radius 2 is 1.83 bits per heavy atom. The molecule has 3 N–H and O–H groups in total. The minimum absolute atomic E-state index is 0.233. The van der Waals surface area contributed by atoms with E-state index >= 15 is 0 Å². The molecule has 2 heterocycles. The highest BCUT2D eigenvalue weighted by Gasteiger charge is 2.05. The Morgan fingerprint density at radius 3 is 2.33 bits per heavy atom. The third-order valence-electron chi connectivity index (χ3n) is 2.97. The number of para-hydroxylation sites is 1. The lowest BCUT2D eigenvalue weighted by molar-refractivity contribution is 0.0691. The molecule has 3 rings (SSSR count). The number of carboxylic acid groups (broad SMARTS) is 1. The van der Waals surface area contributed by atoms with Crippen LogP contribution >= 0.6 is 0 Å². The number of aromatic carboxylic acids is 1. The smallest absolute Gasteiger partial charge is 0.352 e. The van der Waals surface area contributed by atoms with Crippen molar-refractivity contribution >= 4 is 16.9 Å². The van der Waals surface area contributed by atoms with Crippen molar-refractivity contribution in [3.63, 3.8) is 0 Å². The summed E-state index contributed by atoms with van der Waals surface area (Å²) in [5.41, 5.74) is 1.09. The number of H-pyrrole nitrogens is 1. The normalized spacial score (nSPS) is 14.9. The summed E-state index contributed by atoms with van der Waals surface area (Å²) < 4.78 is 0. The fourth-order valence-electron chi connectivity index (χ4n) is 1.99. The molecule has 0 radical (unpaired) electrons. The van der Waals surface area contributed by atoms with Crippen molar-refractivity contribution in [2.75, 3.05) is 13.1 Å². The molecule has 1 saturated heterocycles. The Morgan fingerprint density at radius 1 is 1.11 bits per heavy atom.